The fraction of sp³-hybridized carbons (Fsp3) is 0.214. The summed E-state index contributed by atoms with van der Waals surface area (Å²) >= 11 is 0. The lowest BCUT2D eigenvalue weighted by atomic mass is 9.92. The summed E-state index contributed by atoms with van der Waals surface area (Å²) in [5, 5.41) is 13.1. The molecule has 0 radical (unpaired) electrons. The number of hydrogen-bond acceptors (Lipinski definition) is 2. The molecule has 2 rings (SSSR count). The molecule has 2 aromatic rings. The van der Waals surface area contributed by atoms with Gasteiger partial charge in [0.25, 0.3) is 0 Å². The van der Waals surface area contributed by atoms with Crippen LogP contribution < -0.4 is 5.11 Å². The van der Waals surface area contributed by atoms with E-state index in [0.717, 1.165) is 16.3 Å². The van der Waals surface area contributed by atoms with Crippen molar-refractivity contribution in [2.24, 2.45) is 0 Å². The summed E-state index contributed by atoms with van der Waals surface area (Å²) in [7, 11) is 0. The molecule has 2 nitrogen and oxygen atoms in total. The summed E-state index contributed by atoms with van der Waals surface area (Å²) in [5.41, 5.74) is 0.848. The van der Waals surface area contributed by atoms with Gasteiger partial charge in [0.05, 0.1) is 0 Å². The first-order valence-corrected chi connectivity index (χ1v) is 5.42. The van der Waals surface area contributed by atoms with Gasteiger partial charge in [0.15, 0.2) is 0 Å². The molecule has 0 spiro atoms. The van der Waals surface area contributed by atoms with Gasteiger partial charge in [-0.05, 0) is 22.8 Å². The smallest absolute Gasteiger partial charge is 0.0489 e. The molecule has 0 saturated carbocycles. The molecule has 0 aliphatic heterocycles. The van der Waals surface area contributed by atoms with Crippen molar-refractivity contribution in [1.82, 2.24) is 0 Å². The summed E-state index contributed by atoms with van der Waals surface area (Å²) in [5.74, 6) is -1.52. The molecule has 0 amide bonds. The van der Waals surface area contributed by atoms with E-state index in [2.05, 4.69) is 0 Å². The normalized spacial score (nSPS) is 12.6. The number of carboxylic acids is 1. The molecular weight excluding hydrogens is 200 g/mol. The number of carboxylic acid groups (broad SMARTS) is 1. The first-order chi connectivity index (χ1) is 7.74. The van der Waals surface area contributed by atoms with Gasteiger partial charge in [0.2, 0.25) is 0 Å². The average molecular weight is 213 g/mol. The Morgan fingerprint density at radius 2 is 1.88 bits per heavy atom. The summed E-state index contributed by atoms with van der Waals surface area (Å²) in [6.45, 7) is 1.86. The monoisotopic (exact) mass is 213 g/mol. The molecule has 1 unspecified atom stereocenters. The van der Waals surface area contributed by atoms with Crippen molar-refractivity contribution in [2.75, 3.05) is 0 Å². The van der Waals surface area contributed by atoms with Crippen LogP contribution in [0, 0.1) is 0 Å². The average Bonchev–Trinajstić information content (AvgIpc) is 2.30. The SMILES string of the molecule is CCC(C(=O)[O-])c1cccc2ccccc12. The number of fused-ring (bicyclic) bond motifs is 1. The van der Waals surface area contributed by atoms with E-state index in [4.69, 9.17) is 0 Å². The zero-order valence-electron chi connectivity index (χ0n) is 9.14. The third-order valence-corrected chi connectivity index (χ3v) is 2.89. The highest BCUT2D eigenvalue weighted by Gasteiger charge is 2.12. The molecule has 0 bridgehead atoms. The maximum atomic E-state index is 11.1. The Morgan fingerprint density at radius 1 is 1.19 bits per heavy atom. The molecule has 16 heavy (non-hydrogen) atoms. The lowest BCUT2D eigenvalue weighted by molar-refractivity contribution is -0.308. The minimum atomic E-state index is -1.00. The van der Waals surface area contributed by atoms with Crippen molar-refractivity contribution >= 4 is 16.7 Å². The van der Waals surface area contributed by atoms with E-state index in [1.807, 2.05) is 49.4 Å². The predicted octanol–water partition coefficient (Wildman–Crippen LogP) is 2.08. The van der Waals surface area contributed by atoms with Crippen LogP contribution in [0.4, 0.5) is 0 Å². The van der Waals surface area contributed by atoms with E-state index in [1.165, 1.54) is 0 Å². The third-order valence-electron chi connectivity index (χ3n) is 2.89. The van der Waals surface area contributed by atoms with Gasteiger partial charge in [-0.25, -0.2) is 0 Å². The Hall–Kier alpha value is -1.83. The largest absolute Gasteiger partial charge is 0.549 e. The van der Waals surface area contributed by atoms with Crippen molar-refractivity contribution in [3.63, 3.8) is 0 Å². The Kier molecular flexibility index (Phi) is 2.91. The first kappa shape index (κ1) is 10.7. The summed E-state index contributed by atoms with van der Waals surface area (Å²) in [6.07, 6.45) is 0.552. The number of hydrogen-bond donors (Lipinski definition) is 0. The van der Waals surface area contributed by atoms with Crippen LogP contribution in [0.1, 0.15) is 24.8 Å². The number of carbonyl (C=O) groups excluding carboxylic acids is 1. The van der Waals surface area contributed by atoms with E-state index in [1.54, 1.807) is 0 Å². The maximum absolute atomic E-state index is 11.1. The number of rotatable bonds is 3. The van der Waals surface area contributed by atoms with Gasteiger partial charge in [-0.1, -0.05) is 49.4 Å². The minimum absolute atomic E-state index is 0.522. The molecular formula is C14H13O2-. The summed E-state index contributed by atoms with van der Waals surface area (Å²) in [4.78, 5) is 11.1. The lowest BCUT2D eigenvalue weighted by Gasteiger charge is -2.18. The van der Waals surface area contributed by atoms with Crippen molar-refractivity contribution in [1.29, 1.82) is 0 Å². The lowest BCUT2D eigenvalue weighted by Crippen LogP contribution is -2.29. The highest BCUT2D eigenvalue weighted by Crippen LogP contribution is 2.27. The molecule has 0 aliphatic carbocycles. The topological polar surface area (TPSA) is 40.1 Å². The molecule has 1 atom stereocenters. The third kappa shape index (κ3) is 1.78. The number of aliphatic carboxylic acids is 1. The quantitative estimate of drug-likeness (QED) is 0.783. The second-order valence-corrected chi connectivity index (χ2v) is 3.85. The molecule has 0 heterocycles. The van der Waals surface area contributed by atoms with Gasteiger partial charge in [-0.3, -0.25) is 0 Å². The van der Waals surface area contributed by atoms with Crippen molar-refractivity contribution in [3.05, 3.63) is 48.0 Å². The maximum Gasteiger partial charge on any atom is 0.0489 e. The Balaban J connectivity index is 2.63. The second kappa shape index (κ2) is 4.35. The van der Waals surface area contributed by atoms with Crippen LogP contribution >= 0.6 is 0 Å². The first-order valence-electron chi connectivity index (χ1n) is 5.42. The second-order valence-electron chi connectivity index (χ2n) is 3.85. The molecule has 2 heteroatoms. The van der Waals surface area contributed by atoms with Crippen LogP contribution in [-0.2, 0) is 4.79 Å². The van der Waals surface area contributed by atoms with E-state index < -0.39 is 11.9 Å². The van der Waals surface area contributed by atoms with Crippen LogP contribution in [-0.4, -0.2) is 5.97 Å². The van der Waals surface area contributed by atoms with Crippen molar-refractivity contribution in [3.8, 4) is 0 Å². The van der Waals surface area contributed by atoms with Crippen LogP contribution in [0.5, 0.6) is 0 Å². The van der Waals surface area contributed by atoms with Crippen LogP contribution in [0.2, 0.25) is 0 Å². The van der Waals surface area contributed by atoms with E-state index in [-0.39, 0.29) is 0 Å². The Labute approximate surface area is 94.5 Å². The van der Waals surface area contributed by atoms with Gasteiger partial charge >= 0.3 is 0 Å². The van der Waals surface area contributed by atoms with Crippen molar-refractivity contribution < 1.29 is 9.90 Å². The van der Waals surface area contributed by atoms with Gasteiger partial charge in [-0.15, -0.1) is 0 Å². The van der Waals surface area contributed by atoms with Gasteiger partial charge in [-0.2, -0.15) is 0 Å². The van der Waals surface area contributed by atoms with Crippen molar-refractivity contribution in [2.45, 2.75) is 19.3 Å². The molecule has 0 aliphatic rings. The van der Waals surface area contributed by atoms with E-state index >= 15 is 0 Å². The van der Waals surface area contributed by atoms with Gasteiger partial charge < -0.3 is 9.90 Å². The zero-order chi connectivity index (χ0) is 11.5. The Bertz CT molecular complexity index is 512. The molecule has 0 fully saturated rings. The predicted molar refractivity (Wildman–Crippen MR) is 62.0 cm³/mol. The fourth-order valence-electron chi connectivity index (χ4n) is 2.07. The van der Waals surface area contributed by atoms with E-state index in [0.29, 0.717) is 6.42 Å². The Morgan fingerprint density at radius 3 is 2.56 bits per heavy atom. The molecule has 0 N–H and O–H groups in total. The molecule has 82 valence electrons. The molecule has 2 aromatic carbocycles. The zero-order valence-corrected chi connectivity index (χ0v) is 9.14. The van der Waals surface area contributed by atoms with Gasteiger partial charge in [0.1, 0.15) is 0 Å². The van der Waals surface area contributed by atoms with Crippen LogP contribution in [0.3, 0.4) is 0 Å². The highest BCUT2D eigenvalue weighted by atomic mass is 16.4. The van der Waals surface area contributed by atoms with E-state index in [9.17, 15) is 9.90 Å². The number of carbonyl (C=O) groups is 1. The molecule has 0 saturated heterocycles. The summed E-state index contributed by atoms with van der Waals surface area (Å²) in [6, 6.07) is 13.6. The van der Waals surface area contributed by atoms with Gasteiger partial charge in [0, 0.05) is 11.9 Å². The van der Waals surface area contributed by atoms with Crippen LogP contribution in [0.15, 0.2) is 42.5 Å². The standard InChI is InChI=1S/C14H14O2/c1-2-11(14(15)16)13-9-5-7-10-6-3-4-8-12(10)13/h3-9,11H,2H2,1H3,(H,15,16)/p-1. The fourth-order valence-corrected chi connectivity index (χ4v) is 2.07. The minimum Gasteiger partial charge on any atom is -0.549 e. The molecule has 0 aromatic heterocycles. The number of benzene rings is 2. The highest BCUT2D eigenvalue weighted by molar-refractivity contribution is 5.90. The van der Waals surface area contributed by atoms with Crippen LogP contribution in [0.25, 0.3) is 10.8 Å². The summed E-state index contributed by atoms with van der Waals surface area (Å²) < 4.78 is 0.